The molecule has 1 heterocycles. The van der Waals surface area contributed by atoms with E-state index in [2.05, 4.69) is 17.0 Å². The van der Waals surface area contributed by atoms with Crippen molar-refractivity contribution in [2.24, 2.45) is 0 Å². The van der Waals surface area contributed by atoms with Gasteiger partial charge >= 0.3 is 5.97 Å². The van der Waals surface area contributed by atoms with Gasteiger partial charge in [-0.1, -0.05) is 18.2 Å². The Hall–Kier alpha value is -1.81. The van der Waals surface area contributed by atoms with Gasteiger partial charge in [-0.3, -0.25) is 4.90 Å². The van der Waals surface area contributed by atoms with Crippen molar-refractivity contribution < 1.29 is 14.6 Å². The van der Waals surface area contributed by atoms with Gasteiger partial charge in [-0.2, -0.15) is 0 Å². The number of hydrogen-bond acceptors (Lipinski definition) is 3. The number of aryl methyl sites for hydroxylation is 1. The number of carbonyl (C=O) groups is 1. The number of ether oxygens (including phenoxy) is 1. The first-order chi connectivity index (χ1) is 9.15. The van der Waals surface area contributed by atoms with Gasteiger partial charge < -0.3 is 9.84 Å². The van der Waals surface area contributed by atoms with Crippen LogP contribution in [0.3, 0.4) is 0 Å². The largest absolute Gasteiger partial charge is 0.493 e. The summed E-state index contributed by atoms with van der Waals surface area (Å²) in [5.74, 6) is 0.0998. The number of carboxylic acid groups (broad SMARTS) is 1. The van der Waals surface area contributed by atoms with Gasteiger partial charge in [0.05, 0.1) is 6.61 Å². The molecule has 0 fully saturated rings. The Kier molecular flexibility index (Phi) is 4.58. The Morgan fingerprint density at radius 2 is 2.37 bits per heavy atom. The lowest BCUT2D eigenvalue weighted by atomic mass is 10.0. The number of aliphatic carboxylic acids is 1. The Morgan fingerprint density at radius 1 is 1.53 bits per heavy atom. The fourth-order valence-corrected chi connectivity index (χ4v) is 2.22. The van der Waals surface area contributed by atoms with Crippen LogP contribution in [0.4, 0.5) is 0 Å². The first-order valence-electron chi connectivity index (χ1n) is 6.48. The SMILES string of the molecule is CN(C/C=C/C(=O)O)Cc1ccc2c(c1)CCCO2. The van der Waals surface area contributed by atoms with E-state index < -0.39 is 5.97 Å². The van der Waals surface area contributed by atoms with Gasteiger partial charge in [0.15, 0.2) is 0 Å². The fraction of sp³-hybridized carbons (Fsp3) is 0.400. The summed E-state index contributed by atoms with van der Waals surface area (Å²) in [7, 11) is 1.97. The molecular formula is C15H19NO3. The third-order valence-corrected chi connectivity index (χ3v) is 3.10. The van der Waals surface area contributed by atoms with Crippen molar-refractivity contribution in [3.63, 3.8) is 0 Å². The highest BCUT2D eigenvalue weighted by atomic mass is 16.5. The minimum Gasteiger partial charge on any atom is -0.493 e. The van der Waals surface area contributed by atoms with Crippen molar-refractivity contribution >= 4 is 5.97 Å². The van der Waals surface area contributed by atoms with Crippen LogP contribution in [0.5, 0.6) is 5.75 Å². The molecule has 102 valence electrons. The van der Waals surface area contributed by atoms with Gasteiger partial charge in [0.2, 0.25) is 0 Å². The van der Waals surface area contributed by atoms with Crippen LogP contribution < -0.4 is 4.74 Å². The van der Waals surface area contributed by atoms with Crippen LogP contribution in [-0.4, -0.2) is 36.2 Å². The molecule has 0 amide bonds. The second kappa shape index (κ2) is 6.38. The normalized spacial score (nSPS) is 14.4. The standard InChI is InChI=1S/C15H19NO3/c1-16(8-2-5-15(17)18)11-12-6-7-14-13(10-12)4-3-9-19-14/h2,5-7,10H,3-4,8-9,11H2,1H3,(H,17,18)/b5-2+. The predicted molar refractivity (Wildman–Crippen MR) is 73.4 cm³/mol. The lowest BCUT2D eigenvalue weighted by Gasteiger charge is -2.20. The monoisotopic (exact) mass is 261 g/mol. The van der Waals surface area contributed by atoms with Gasteiger partial charge in [0.25, 0.3) is 0 Å². The second-order valence-corrected chi connectivity index (χ2v) is 4.83. The molecule has 0 radical (unpaired) electrons. The molecule has 19 heavy (non-hydrogen) atoms. The number of likely N-dealkylation sites (N-methyl/N-ethyl adjacent to an activating group) is 1. The number of fused-ring (bicyclic) bond motifs is 1. The van der Waals surface area contributed by atoms with Crippen LogP contribution in [0.2, 0.25) is 0 Å². The molecule has 0 bridgehead atoms. The Morgan fingerprint density at radius 3 is 3.16 bits per heavy atom. The average Bonchev–Trinajstić information content (AvgIpc) is 2.38. The molecule has 0 spiro atoms. The molecule has 1 aromatic carbocycles. The molecule has 2 rings (SSSR count). The van der Waals surface area contributed by atoms with Gasteiger partial charge in [0, 0.05) is 19.2 Å². The first kappa shape index (κ1) is 13.6. The minimum absolute atomic E-state index is 0.625. The smallest absolute Gasteiger partial charge is 0.328 e. The maximum Gasteiger partial charge on any atom is 0.328 e. The van der Waals surface area contributed by atoms with Gasteiger partial charge in [0.1, 0.15) is 5.75 Å². The maximum absolute atomic E-state index is 10.4. The van der Waals surface area contributed by atoms with E-state index in [1.165, 1.54) is 17.2 Å². The van der Waals surface area contributed by atoms with E-state index in [4.69, 9.17) is 9.84 Å². The lowest BCUT2D eigenvalue weighted by molar-refractivity contribution is -0.131. The van der Waals surface area contributed by atoms with E-state index in [9.17, 15) is 4.79 Å². The van der Waals surface area contributed by atoms with Gasteiger partial charge in [-0.15, -0.1) is 0 Å². The lowest BCUT2D eigenvalue weighted by Crippen LogP contribution is -2.18. The average molecular weight is 261 g/mol. The van der Waals surface area contributed by atoms with Crippen molar-refractivity contribution in [1.82, 2.24) is 4.90 Å². The molecule has 0 aliphatic carbocycles. The summed E-state index contributed by atoms with van der Waals surface area (Å²) in [6.45, 7) is 2.24. The van der Waals surface area contributed by atoms with E-state index in [-0.39, 0.29) is 0 Å². The van der Waals surface area contributed by atoms with Crippen LogP contribution in [0.15, 0.2) is 30.4 Å². The number of nitrogens with zero attached hydrogens (tertiary/aromatic N) is 1. The number of benzene rings is 1. The van der Waals surface area contributed by atoms with E-state index in [0.29, 0.717) is 6.54 Å². The molecular weight excluding hydrogens is 242 g/mol. The summed E-state index contributed by atoms with van der Waals surface area (Å²) in [5.41, 5.74) is 2.51. The van der Waals surface area contributed by atoms with Crippen molar-refractivity contribution in [3.8, 4) is 5.75 Å². The van der Waals surface area contributed by atoms with Crippen LogP contribution in [-0.2, 0) is 17.8 Å². The van der Waals surface area contributed by atoms with Crippen molar-refractivity contribution in [3.05, 3.63) is 41.5 Å². The van der Waals surface area contributed by atoms with E-state index in [1.54, 1.807) is 6.08 Å². The minimum atomic E-state index is -0.903. The van der Waals surface area contributed by atoms with Crippen LogP contribution in [0, 0.1) is 0 Å². The number of hydrogen-bond donors (Lipinski definition) is 1. The maximum atomic E-state index is 10.4. The van der Waals surface area contributed by atoms with Crippen molar-refractivity contribution in [2.45, 2.75) is 19.4 Å². The van der Waals surface area contributed by atoms with E-state index >= 15 is 0 Å². The number of carboxylic acids is 1. The molecule has 4 heteroatoms. The highest BCUT2D eigenvalue weighted by Gasteiger charge is 2.10. The quantitative estimate of drug-likeness (QED) is 0.824. The molecule has 0 atom stereocenters. The Labute approximate surface area is 113 Å². The van der Waals surface area contributed by atoms with Crippen LogP contribution in [0.1, 0.15) is 17.5 Å². The molecule has 1 N–H and O–H groups in total. The molecule has 0 aromatic heterocycles. The van der Waals surface area contributed by atoms with Crippen molar-refractivity contribution in [2.75, 3.05) is 20.2 Å². The fourth-order valence-electron chi connectivity index (χ4n) is 2.22. The third kappa shape index (κ3) is 4.10. The highest BCUT2D eigenvalue weighted by Crippen LogP contribution is 2.25. The van der Waals surface area contributed by atoms with Crippen LogP contribution in [0.25, 0.3) is 0 Å². The first-order valence-corrected chi connectivity index (χ1v) is 6.48. The summed E-state index contributed by atoms with van der Waals surface area (Å²) in [6, 6.07) is 6.29. The van der Waals surface area contributed by atoms with Gasteiger partial charge in [-0.05, 0) is 37.1 Å². The number of rotatable bonds is 5. The Balaban J connectivity index is 1.93. The summed E-state index contributed by atoms with van der Waals surface area (Å²) >= 11 is 0. The molecule has 1 aliphatic rings. The predicted octanol–water partition coefficient (Wildman–Crippen LogP) is 2.08. The topological polar surface area (TPSA) is 49.8 Å². The third-order valence-electron chi connectivity index (χ3n) is 3.10. The zero-order valence-corrected chi connectivity index (χ0v) is 11.1. The second-order valence-electron chi connectivity index (χ2n) is 4.83. The summed E-state index contributed by atoms with van der Waals surface area (Å²) < 4.78 is 5.58. The van der Waals surface area contributed by atoms with Crippen LogP contribution >= 0.6 is 0 Å². The zero-order chi connectivity index (χ0) is 13.7. The zero-order valence-electron chi connectivity index (χ0n) is 11.1. The molecule has 0 saturated carbocycles. The summed E-state index contributed by atoms with van der Waals surface area (Å²) in [4.78, 5) is 12.5. The molecule has 4 nitrogen and oxygen atoms in total. The molecule has 0 saturated heterocycles. The highest BCUT2D eigenvalue weighted by molar-refractivity contribution is 5.79. The van der Waals surface area contributed by atoms with Crippen molar-refractivity contribution in [1.29, 1.82) is 0 Å². The summed E-state index contributed by atoms with van der Waals surface area (Å²) in [5, 5.41) is 8.53. The molecule has 0 unspecified atom stereocenters. The summed E-state index contributed by atoms with van der Waals surface area (Å²) in [6.07, 6.45) is 4.99. The Bertz CT molecular complexity index is 482. The van der Waals surface area contributed by atoms with Gasteiger partial charge in [-0.25, -0.2) is 4.79 Å². The van der Waals surface area contributed by atoms with E-state index in [0.717, 1.165) is 31.7 Å². The molecule has 1 aliphatic heterocycles. The van der Waals surface area contributed by atoms with E-state index in [1.807, 2.05) is 13.1 Å². The molecule has 1 aromatic rings.